The number of likely N-dealkylation sites (N-methyl/N-ethyl adjacent to an activating group) is 1. The van der Waals surface area contributed by atoms with E-state index in [1.807, 2.05) is 11.8 Å². The molecule has 1 aromatic heterocycles. The molecule has 18 heavy (non-hydrogen) atoms. The van der Waals surface area contributed by atoms with E-state index in [0.717, 1.165) is 37.2 Å². The minimum Gasteiger partial charge on any atom is -0.383 e. The van der Waals surface area contributed by atoms with E-state index in [4.69, 9.17) is 5.73 Å². The zero-order chi connectivity index (χ0) is 13.1. The molecular weight excluding hydrogens is 230 g/mol. The van der Waals surface area contributed by atoms with Crippen LogP contribution in [0, 0.1) is 6.92 Å². The maximum Gasteiger partial charge on any atom is 0.242 e. The van der Waals surface area contributed by atoms with Crippen LogP contribution >= 0.6 is 0 Å². The van der Waals surface area contributed by atoms with E-state index < -0.39 is 0 Å². The van der Waals surface area contributed by atoms with Gasteiger partial charge in [0.1, 0.15) is 24.0 Å². The zero-order valence-corrected chi connectivity index (χ0v) is 10.8. The second-order valence-corrected chi connectivity index (χ2v) is 4.53. The molecule has 0 bridgehead atoms. The molecule has 6 heteroatoms. The first-order valence-electron chi connectivity index (χ1n) is 6.20. The number of carbonyl (C=O) groups is 1. The fourth-order valence-corrected chi connectivity index (χ4v) is 2.37. The molecule has 1 fully saturated rings. The number of anilines is 2. The van der Waals surface area contributed by atoms with Crippen molar-refractivity contribution in [1.29, 1.82) is 0 Å². The molecule has 1 aliphatic heterocycles. The van der Waals surface area contributed by atoms with Gasteiger partial charge in [0.25, 0.3) is 0 Å². The summed E-state index contributed by atoms with van der Waals surface area (Å²) in [5.74, 6) is 1.28. The number of amides is 1. The Morgan fingerprint density at radius 2 is 2.28 bits per heavy atom. The number of nitrogen functional groups attached to an aromatic ring is 1. The van der Waals surface area contributed by atoms with Crippen molar-refractivity contribution in [3.8, 4) is 0 Å². The molecule has 1 unspecified atom stereocenters. The molecule has 0 spiro atoms. The summed E-state index contributed by atoms with van der Waals surface area (Å²) in [5, 5.41) is 2.71. The van der Waals surface area contributed by atoms with Crippen molar-refractivity contribution in [2.24, 2.45) is 0 Å². The molecule has 1 saturated heterocycles. The predicted octanol–water partition coefficient (Wildman–Crippen LogP) is 0.472. The Morgan fingerprint density at radius 3 is 3.00 bits per heavy atom. The first-order valence-corrected chi connectivity index (χ1v) is 6.20. The van der Waals surface area contributed by atoms with E-state index in [2.05, 4.69) is 15.3 Å². The molecule has 98 valence electrons. The van der Waals surface area contributed by atoms with Crippen LogP contribution in [0.1, 0.15) is 24.8 Å². The topological polar surface area (TPSA) is 84.1 Å². The average Bonchev–Trinajstić information content (AvgIpc) is 2.41. The number of nitrogens with zero attached hydrogens (tertiary/aromatic N) is 3. The monoisotopic (exact) mass is 249 g/mol. The Kier molecular flexibility index (Phi) is 3.64. The maximum atomic E-state index is 11.9. The molecule has 1 atom stereocenters. The van der Waals surface area contributed by atoms with Crippen molar-refractivity contribution < 1.29 is 4.79 Å². The second-order valence-electron chi connectivity index (χ2n) is 4.53. The van der Waals surface area contributed by atoms with Crippen LogP contribution in [0.15, 0.2) is 6.33 Å². The molecule has 6 nitrogen and oxygen atoms in total. The molecule has 1 aliphatic rings. The number of hydrogen-bond acceptors (Lipinski definition) is 5. The third-order valence-corrected chi connectivity index (χ3v) is 3.42. The number of hydrogen-bond donors (Lipinski definition) is 2. The van der Waals surface area contributed by atoms with Crippen LogP contribution < -0.4 is 16.0 Å². The SMILES string of the molecule is CNC(=O)C1CCCCN1c1ncnc(N)c1C. The Bertz CT molecular complexity index is 448. The third kappa shape index (κ3) is 2.23. The molecular formula is C12H19N5O. The molecule has 2 rings (SSSR count). The highest BCUT2D eigenvalue weighted by atomic mass is 16.2. The van der Waals surface area contributed by atoms with Gasteiger partial charge in [0.05, 0.1) is 0 Å². The van der Waals surface area contributed by atoms with Crippen molar-refractivity contribution in [3.63, 3.8) is 0 Å². The molecule has 3 N–H and O–H groups in total. The summed E-state index contributed by atoms with van der Waals surface area (Å²) in [6, 6.07) is -0.156. The largest absolute Gasteiger partial charge is 0.383 e. The van der Waals surface area contributed by atoms with Crippen LogP contribution in [0.2, 0.25) is 0 Å². The Hall–Kier alpha value is -1.85. The fraction of sp³-hybridized carbons (Fsp3) is 0.583. The van der Waals surface area contributed by atoms with Gasteiger partial charge in [0.15, 0.2) is 0 Å². The van der Waals surface area contributed by atoms with E-state index in [-0.39, 0.29) is 11.9 Å². The quantitative estimate of drug-likeness (QED) is 0.796. The standard InChI is InChI=1S/C12H19N5O/c1-8-10(13)15-7-16-11(8)17-6-4-3-5-9(17)12(18)14-2/h7,9H,3-6H2,1-2H3,(H,14,18)(H2,13,15,16). The fourth-order valence-electron chi connectivity index (χ4n) is 2.37. The Morgan fingerprint density at radius 1 is 1.50 bits per heavy atom. The lowest BCUT2D eigenvalue weighted by Gasteiger charge is -2.36. The van der Waals surface area contributed by atoms with Crippen molar-refractivity contribution in [1.82, 2.24) is 15.3 Å². The summed E-state index contributed by atoms with van der Waals surface area (Å²) >= 11 is 0. The van der Waals surface area contributed by atoms with E-state index in [1.54, 1.807) is 7.05 Å². The van der Waals surface area contributed by atoms with Crippen molar-refractivity contribution >= 4 is 17.5 Å². The highest BCUT2D eigenvalue weighted by molar-refractivity contribution is 5.85. The summed E-state index contributed by atoms with van der Waals surface area (Å²) in [4.78, 5) is 22.2. The van der Waals surface area contributed by atoms with Gasteiger partial charge in [-0.2, -0.15) is 0 Å². The van der Waals surface area contributed by atoms with E-state index in [1.165, 1.54) is 6.33 Å². The molecule has 1 aromatic rings. The van der Waals surface area contributed by atoms with Gasteiger partial charge < -0.3 is 16.0 Å². The lowest BCUT2D eigenvalue weighted by atomic mass is 10.0. The number of rotatable bonds is 2. The highest BCUT2D eigenvalue weighted by Crippen LogP contribution is 2.27. The lowest BCUT2D eigenvalue weighted by molar-refractivity contribution is -0.122. The normalized spacial score (nSPS) is 19.7. The number of aromatic nitrogens is 2. The van der Waals surface area contributed by atoms with Crippen LogP contribution in [0.4, 0.5) is 11.6 Å². The molecule has 1 amide bonds. The minimum absolute atomic E-state index is 0.0336. The second kappa shape index (κ2) is 5.20. The first kappa shape index (κ1) is 12.6. The van der Waals surface area contributed by atoms with E-state index in [0.29, 0.717) is 5.82 Å². The summed E-state index contributed by atoms with van der Waals surface area (Å²) in [5.41, 5.74) is 6.64. The number of nitrogens with two attached hydrogens (primary N) is 1. The summed E-state index contributed by atoms with van der Waals surface area (Å²) < 4.78 is 0. The van der Waals surface area contributed by atoms with Gasteiger partial charge in [-0.15, -0.1) is 0 Å². The summed E-state index contributed by atoms with van der Waals surface area (Å²) in [6.07, 6.45) is 4.43. The molecule has 0 radical (unpaired) electrons. The predicted molar refractivity (Wildman–Crippen MR) is 70.2 cm³/mol. The van der Waals surface area contributed by atoms with Crippen LogP contribution in [0.3, 0.4) is 0 Å². The molecule has 0 aromatic carbocycles. The van der Waals surface area contributed by atoms with Crippen LogP contribution in [-0.4, -0.2) is 35.5 Å². The Labute approximate surface area is 107 Å². The maximum absolute atomic E-state index is 11.9. The smallest absolute Gasteiger partial charge is 0.242 e. The summed E-state index contributed by atoms with van der Waals surface area (Å²) in [6.45, 7) is 2.72. The van der Waals surface area contributed by atoms with Gasteiger partial charge in [-0.05, 0) is 26.2 Å². The first-order chi connectivity index (χ1) is 8.65. The van der Waals surface area contributed by atoms with Crippen molar-refractivity contribution in [2.45, 2.75) is 32.2 Å². The number of carbonyl (C=O) groups excluding carboxylic acids is 1. The molecule has 2 heterocycles. The van der Waals surface area contributed by atoms with Crippen LogP contribution in [0.25, 0.3) is 0 Å². The summed E-state index contributed by atoms with van der Waals surface area (Å²) in [7, 11) is 1.66. The van der Waals surface area contributed by atoms with E-state index >= 15 is 0 Å². The van der Waals surface area contributed by atoms with E-state index in [9.17, 15) is 4.79 Å². The van der Waals surface area contributed by atoms with Gasteiger partial charge in [-0.25, -0.2) is 9.97 Å². The minimum atomic E-state index is -0.156. The van der Waals surface area contributed by atoms with Gasteiger partial charge in [-0.3, -0.25) is 4.79 Å². The van der Waals surface area contributed by atoms with Gasteiger partial charge >= 0.3 is 0 Å². The Balaban J connectivity index is 2.34. The van der Waals surface area contributed by atoms with Gasteiger partial charge in [0, 0.05) is 19.2 Å². The van der Waals surface area contributed by atoms with Gasteiger partial charge in [-0.1, -0.05) is 0 Å². The van der Waals surface area contributed by atoms with Crippen LogP contribution in [0.5, 0.6) is 0 Å². The number of nitrogens with one attached hydrogen (secondary N) is 1. The highest BCUT2D eigenvalue weighted by Gasteiger charge is 2.30. The zero-order valence-electron chi connectivity index (χ0n) is 10.8. The molecule has 0 saturated carbocycles. The lowest BCUT2D eigenvalue weighted by Crippen LogP contribution is -2.49. The van der Waals surface area contributed by atoms with Gasteiger partial charge in [0.2, 0.25) is 5.91 Å². The van der Waals surface area contributed by atoms with Crippen molar-refractivity contribution in [2.75, 3.05) is 24.2 Å². The third-order valence-electron chi connectivity index (χ3n) is 3.42. The molecule has 0 aliphatic carbocycles. The van der Waals surface area contributed by atoms with Crippen molar-refractivity contribution in [3.05, 3.63) is 11.9 Å². The average molecular weight is 249 g/mol. The number of piperidine rings is 1. The van der Waals surface area contributed by atoms with Crippen LogP contribution in [-0.2, 0) is 4.79 Å².